The average molecular weight is 895 g/mol. The highest BCUT2D eigenvalue weighted by atomic mass is 35.5. The lowest BCUT2D eigenvalue weighted by Crippen LogP contribution is -2.38. The minimum absolute atomic E-state index is 0.00914. The van der Waals surface area contributed by atoms with E-state index in [0.717, 1.165) is 23.0 Å². The van der Waals surface area contributed by atoms with E-state index in [1.54, 1.807) is 13.0 Å². The third-order valence-electron chi connectivity index (χ3n) is 9.15. The summed E-state index contributed by atoms with van der Waals surface area (Å²) in [7, 11) is -2.58. The molecule has 0 aliphatic rings. The van der Waals surface area contributed by atoms with Crippen molar-refractivity contribution in [3.05, 3.63) is 122 Å². The first-order valence-corrected chi connectivity index (χ1v) is 19.7. The lowest BCUT2D eigenvalue weighted by Gasteiger charge is -2.24. The Morgan fingerprint density at radius 2 is 1.61 bits per heavy atom. The van der Waals surface area contributed by atoms with Crippen molar-refractivity contribution >= 4 is 55.2 Å². The quantitative estimate of drug-likeness (QED) is 0.142. The molecule has 0 aliphatic heterocycles. The summed E-state index contributed by atoms with van der Waals surface area (Å²) in [6.07, 6.45) is -7.63. The highest BCUT2D eigenvalue weighted by molar-refractivity contribution is 7.92. The number of carbonyl (C=O) groups is 1. The highest BCUT2D eigenvalue weighted by Gasteiger charge is 2.42. The van der Waals surface area contributed by atoms with Crippen LogP contribution in [0.25, 0.3) is 38.8 Å². The molecule has 24 heteroatoms. The summed E-state index contributed by atoms with van der Waals surface area (Å²) in [6, 6.07) is 7.33. The molecule has 318 valence electrons. The van der Waals surface area contributed by atoms with E-state index in [2.05, 4.69) is 30.2 Å². The monoisotopic (exact) mass is 894 g/mol. The molecule has 3 aromatic carbocycles. The Kier molecular flexibility index (Phi) is 10.8. The number of fused-ring (bicyclic) bond motifs is 2. The Bertz CT molecular complexity index is 3060. The van der Waals surface area contributed by atoms with E-state index in [0.29, 0.717) is 23.0 Å². The first-order valence-electron chi connectivity index (χ1n) is 17.4. The van der Waals surface area contributed by atoms with Crippen LogP contribution in [-0.2, 0) is 47.2 Å². The molecule has 0 bridgehead atoms. The van der Waals surface area contributed by atoms with Crippen LogP contribution in [0.15, 0.2) is 71.8 Å². The number of alkyl halides is 6. The van der Waals surface area contributed by atoms with Crippen LogP contribution >= 0.6 is 11.6 Å². The number of amides is 1. The van der Waals surface area contributed by atoms with Gasteiger partial charge < -0.3 is 5.32 Å². The van der Waals surface area contributed by atoms with Gasteiger partial charge in [0.25, 0.3) is 5.56 Å². The van der Waals surface area contributed by atoms with Crippen molar-refractivity contribution in [3.8, 4) is 16.9 Å². The first kappa shape index (κ1) is 42.6. The number of aromatic nitrogens is 8. The summed E-state index contributed by atoms with van der Waals surface area (Å²) >= 11 is 6.56. The third kappa shape index (κ3) is 8.73. The second-order valence-corrected chi connectivity index (χ2v) is 15.8. The fourth-order valence-electron chi connectivity index (χ4n) is 6.75. The molecule has 4 aromatic heterocycles. The number of aryl methyl sites for hydroxylation is 2. The van der Waals surface area contributed by atoms with Gasteiger partial charge in [-0.3, -0.25) is 38.2 Å². The molecule has 0 spiro atoms. The molecule has 1 amide bonds. The van der Waals surface area contributed by atoms with Crippen LogP contribution in [-0.4, -0.2) is 59.7 Å². The van der Waals surface area contributed by atoms with Crippen LogP contribution in [0.3, 0.4) is 0 Å². The molecule has 0 unspecified atom stereocenters. The summed E-state index contributed by atoms with van der Waals surface area (Å²) in [6.45, 7) is 0.210. The molecule has 7 rings (SSSR count). The molecule has 1 atom stereocenters. The Hall–Kier alpha value is -6.49. The number of benzene rings is 3. The van der Waals surface area contributed by atoms with Gasteiger partial charge in [-0.15, -0.1) is 0 Å². The zero-order chi connectivity index (χ0) is 44.3. The van der Waals surface area contributed by atoms with Crippen LogP contribution in [0.1, 0.15) is 34.5 Å². The molecule has 4 heterocycles. The second-order valence-electron chi connectivity index (χ2n) is 13.6. The Labute approximate surface area is 342 Å². The van der Waals surface area contributed by atoms with E-state index in [9.17, 15) is 53.1 Å². The number of nitrogens with zero attached hydrogens (tertiary/aromatic N) is 8. The van der Waals surface area contributed by atoms with E-state index in [-0.39, 0.29) is 54.6 Å². The zero-order valence-corrected chi connectivity index (χ0v) is 32.9. The Balaban J connectivity index is 1.49. The van der Waals surface area contributed by atoms with Gasteiger partial charge in [-0.05, 0) is 48.9 Å². The lowest BCUT2D eigenvalue weighted by atomic mass is 10.0. The smallest absolute Gasteiger partial charge is 0.344 e. The Morgan fingerprint density at radius 1 is 0.918 bits per heavy atom. The van der Waals surface area contributed by atoms with E-state index < -0.39 is 81.7 Å². The second kappa shape index (κ2) is 15.5. The number of anilines is 1. The van der Waals surface area contributed by atoms with Crippen molar-refractivity contribution in [2.75, 3.05) is 11.0 Å². The molecule has 2 N–H and O–H groups in total. The van der Waals surface area contributed by atoms with Crippen molar-refractivity contribution in [2.24, 2.45) is 7.05 Å². The minimum atomic E-state index is -5.40. The molecule has 0 fully saturated rings. The van der Waals surface area contributed by atoms with Crippen LogP contribution in [0.2, 0.25) is 5.02 Å². The topological polar surface area (TPSA) is 172 Å². The minimum Gasteiger partial charge on any atom is -0.344 e. The maximum Gasteiger partial charge on any atom is 0.435 e. The number of halogens is 9. The zero-order valence-electron chi connectivity index (χ0n) is 31.4. The van der Waals surface area contributed by atoms with Gasteiger partial charge in [0, 0.05) is 43.6 Å². The Morgan fingerprint density at radius 3 is 2.25 bits per heavy atom. The predicted molar refractivity (Wildman–Crippen MR) is 204 cm³/mol. The number of hydrogen-bond donors (Lipinski definition) is 2. The third-order valence-corrected chi connectivity index (χ3v) is 10.0. The fourth-order valence-corrected chi connectivity index (χ4v) is 7.48. The summed E-state index contributed by atoms with van der Waals surface area (Å²) in [5.41, 5.74) is -3.70. The number of sulfonamides is 1. The maximum absolute atomic E-state index is 14.9. The van der Waals surface area contributed by atoms with Gasteiger partial charge in [0.1, 0.15) is 29.7 Å². The van der Waals surface area contributed by atoms with Gasteiger partial charge in [0.15, 0.2) is 11.5 Å². The molecule has 0 saturated heterocycles. The summed E-state index contributed by atoms with van der Waals surface area (Å²) in [4.78, 5) is 42.0. The predicted octanol–water partition coefficient (Wildman–Crippen LogP) is 6.68. The van der Waals surface area contributed by atoms with Crippen molar-refractivity contribution in [2.45, 2.75) is 38.3 Å². The standard InChI is InChI=1S/C37H27ClF8N10O4S/c1-17-31(48-9-8-47-17)19-4-5-22-24(13-19)50-34(56(35(22)58)26-7-6-23(38)30-32(26)54(2)52-33(30)53-61(3,59)60)25(12-18-10-20(39)14-21(40)11-18)49-29(57)16-55-28(37(44,45)46)15-27(51-55)36(41,42)43/h4-11,13-15,25H,12,16H2,1-3H3,(H,49,57)(H,52,53)/t25-/m0/s1. The molecule has 0 saturated carbocycles. The molecule has 0 aliphatic carbocycles. The summed E-state index contributed by atoms with van der Waals surface area (Å²) < 4.78 is 140. The first-order chi connectivity index (χ1) is 28.5. The molecular formula is C37H27ClF8N10O4S. The summed E-state index contributed by atoms with van der Waals surface area (Å²) in [5.74, 6) is -4.20. The molecule has 14 nitrogen and oxygen atoms in total. The maximum atomic E-state index is 14.9. The highest BCUT2D eigenvalue weighted by Crippen LogP contribution is 2.37. The lowest BCUT2D eigenvalue weighted by molar-refractivity contribution is -0.145. The van der Waals surface area contributed by atoms with Crippen molar-refractivity contribution < 1.29 is 48.3 Å². The van der Waals surface area contributed by atoms with E-state index >= 15 is 0 Å². The SMILES string of the molecule is Cc1nccnc1-c1ccc2c(=O)n(-c3ccc(Cl)c4c(NS(C)(=O)=O)nn(C)c34)c([C@H](Cc3cc(F)cc(F)c3)NC(=O)Cn3nc(C(F)(F)F)cc3C(F)(F)F)nc2c1. The number of rotatable bonds is 10. The number of nitrogens with one attached hydrogen (secondary N) is 2. The van der Waals surface area contributed by atoms with Gasteiger partial charge >= 0.3 is 12.4 Å². The molecule has 61 heavy (non-hydrogen) atoms. The van der Waals surface area contributed by atoms with Crippen LogP contribution < -0.4 is 15.6 Å². The van der Waals surface area contributed by atoms with E-state index in [1.165, 1.54) is 48.4 Å². The van der Waals surface area contributed by atoms with Crippen LogP contribution in [0, 0.1) is 18.6 Å². The van der Waals surface area contributed by atoms with Crippen molar-refractivity contribution in [3.63, 3.8) is 0 Å². The number of hydrogen-bond acceptors (Lipinski definition) is 9. The normalized spacial score (nSPS) is 12.9. The van der Waals surface area contributed by atoms with Crippen molar-refractivity contribution in [1.29, 1.82) is 0 Å². The summed E-state index contributed by atoms with van der Waals surface area (Å²) in [5, 5.41) is 9.49. The van der Waals surface area contributed by atoms with Gasteiger partial charge in [-0.25, -0.2) is 22.2 Å². The molecule has 7 aromatic rings. The van der Waals surface area contributed by atoms with Crippen LogP contribution in [0.4, 0.5) is 40.9 Å². The van der Waals surface area contributed by atoms with Gasteiger partial charge in [0.2, 0.25) is 15.9 Å². The van der Waals surface area contributed by atoms with Gasteiger partial charge in [-0.2, -0.15) is 36.5 Å². The van der Waals surface area contributed by atoms with E-state index in [4.69, 9.17) is 16.6 Å². The molecule has 0 radical (unpaired) electrons. The van der Waals surface area contributed by atoms with E-state index in [1.807, 2.05) is 0 Å². The largest absolute Gasteiger partial charge is 0.435 e. The average Bonchev–Trinajstić information content (AvgIpc) is 3.72. The molecular weight excluding hydrogens is 868 g/mol. The van der Waals surface area contributed by atoms with Crippen LogP contribution in [0.5, 0.6) is 0 Å². The van der Waals surface area contributed by atoms with Crippen molar-refractivity contribution in [1.82, 2.24) is 44.4 Å². The fraction of sp³-hybridized carbons (Fsp3) is 0.216. The van der Waals surface area contributed by atoms with Gasteiger partial charge in [0.05, 0.1) is 56.2 Å². The number of carbonyl (C=O) groups excluding carboxylic acids is 1. The van der Waals surface area contributed by atoms with Gasteiger partial charge in [-0.1, -0.05) is 17.7 Å².